The van der Waals surface area contributed by atoms with Crippen molar-refractivity contribution < 1.29 is 61.8 Å². The molecule has 116 heavy (non-hydrogen) atoms. The van der Waals surface area contributed by atoms with Gasteiger partial charge in [0, 0.05) is 16.5 Å². The summed E-state index contributed by atoms with van der Waals surface area (Å²) in [6.45, 7) is 36.8. The number of nitrogens with zero attached hydrogens (tertiary/aromatic N) is 6. The number of carbonyl (C=O) groups excluding carboxylic acids is 8. The van der Waals surface area contributed by atoms with Crippen molar-refractivity contribution in [1.82, 2.24) is 57.2 Å². The van der Waals surface area contributed by atoms with Gasteiger partial charge in [-0.05, 0) is 95.9 Å². The smallest absolute Gasteiger partial charge is 0.411 e. The molecule has 8 bridgehead atoms. The molecular weight excluding hydrogens is 1760 g/mol. The zero-order chi connectivity index (χ0) is 85.4. The summed E-state index contributed by atoms with van der Waals surface area (Å²) in [6, 6.07) is 10.9. The molecule has 0 saturated heterocycles. The summed E-state index contributed by atoms with van der Waals surface area (Å²) >= 11 is 4.97. The van der Waals surface area contributed by atoms with Gasteiger partial charge in [-0.3, -0.25) is 29.0 Å². The number of benzene rings is 2. The number of nitrogens with two attached hydrogens (primary N) is 2. The Balaban J connectivity index is 1.18. The topological polar surface area (TPSA) is 417 Å². The van der Waals surface area contributed by atoms with Crippen molar-refractivity contribution in [3.05, 3.63) is 125 Å². The number of carbonyl (C=O) groups is 8. The van der Waals surface area contributed by atoms with E-state index in [0.29, 0.717) is 15.8 Å². The second-order valence-electron chi connectivity index (χ2n) is 33.0. The van der Waals surface area contributed by atoms with Crippen molar-refractivity contribution >= 4 is 179 Å². The predicted molar refractivity (Wildman–Crippen MR) is 470 cm³/mol. The number of amides is 8. The van der Waals surface area contributed by atoms with Crippen molar-refractivity contribution in [3.63, 3.8) is 0 Å². The first-order valence-corrected chi connectivity index (χ1v) is 56.0. The summed E-state index contributed by atoms with van der Waals surface area (Å²) in [5.41, 5.74) is 9.03. The average Bonchev–Trinajstić information content (AvgIpc) is 1.56. The number of hydrogen-bond acceptors (Lipinski definition) is 25. The molecule has 9 rings (SSSR count). The molecule has 15 atom stereocenters. The summed E-state index contributed by atoms with van der Waals surface area (Å²) in [6.07, 6.45) is -3.86. The van der Waals surface area contributed by atoms with Crippen LogP contribution in [0, 0.1) is 0 Å². The Kier molecular flexibility index (Phi) is 31.6. The molecule has 0 unspecified atom stereocenters. The van der Waals surface area contributed by atoms with E-state index in [2.05, 4.69) is 113 Å². The summed E-state index contributed by atoms with van der Waals surface area (Å²) in [7, 11) is -7.83. The van der Waals surface area contributed by atoms with E-state index in [4.69, 9.17) is 54.7 Å². The molecule has 3 aliphatic rings. The van der Waals surface area contributed by atoms with E-state index in [9.17, 15) is 34.2 Å². The monoisotopic (exact) mass is 1870 g/mol. The zero-order valence-corrected chi connectivity index (χ0v) is 79.8. The summed E-state index contributed by atoms with van der Waals surface area (Å²) < 4.78 is 23.0. The molecule has 3 aliphatic heterocycles. The van der Waals surface area contributed by atoms with E-state index in [1.807, 2.05) is 80.7 Å². The molecule has 2 aromatic carbocycles. The van der Waals surface area contributed by atoms with Gasteiger partial charge in [-0.15, -0.1) is 45.8 Å². The number of aliphatic imine (C=N–C) groups is 2. The number of aliphatic hydroxyl groups is 2. The summed E-state index contributed by atoms with van der Waals surface area (Å²) in [5, 5.41) is 53.3. The first kappa shape index (κ1) is 93.7. The van der Waals surface area contributed by atoms with E-state index < -0.39 is 162 Å². The van der Waals surface area contributed by atoms with Gasteiger partial charge in [0.05, 0.1) is 35.5 Å². The maximum atomic E-state index is 15.8. The molecule has 13 N–H and O–H groups in total. The van der Waals surface area contributed by atoms with Gasteiger partial charge in [0.1, 0.15) is 57.2 Å². The molecular formula is C78H113N15O13S5Se2Si3. The SMILES string of the molecule is CC[Si](CC)(CC)O[C@H](C)[C@@H]1NC(=O)[C@H]([C@@H](C)O[Si](C)(C)C(C)(C)C)NC(=O)c2csc(n2)[C@@]2(NC(=O)[C@H](C)N)CCC(c3nc(C(=O)N[C@@H](C[Se]c4ccccc4)C(=O)N[C@@H](C[Se]c4ccccc4)C(N)=O)cs3)=N[C@@H]2c2csc(n2)[C@H]([C@@H](C)O)NC(=O)c2csc(n2)[C@H]([C@](C)(O)[C@@H](C)O[Si](C)(C)C(C)(C)C)NC(=O)[C@H]2CSC1=N2. The van der Waals surface area contributed by atoms with Gasteiger partial charge in [-0.1, -0.05) is 62.3 Å². The fourth-order valence-corrected chi connectivity index (χ4v) is 27.6. The number of aromatic nitrogens is 4. The molecule has 0 spiro atoms. The van der Waals surface area contributed by atoms with Gasteiger partial charge < -0.3 is 50.5 Å². The molecule has 0 radical (unpaired) electrons. The first-order chi connectivity index (χ1) is 54.4. The number of thiazole rings is 4. The van der Waals surface area contributed by atoms with Crippen LogP contribution < -0.4 is 57.6 Å². The minimum atomic E-state index is -2.74. The second-order valence-corrected chi connectivity index (χ2v) is 56.3. The number of hydrogen-bond donors (Lipinski definition) is 11. The van der Waals surface area contributed by atoms with Crippen LogP contribution in [-0.4, -0.2) is 215 Å². The second kappa shape index (κ2) is 39.1. The first-order valence-electron chi connectivity index (χ1n) is 39.0. The molecule has 0 aliphatic carbocycles. The van der Waals surface area contributed by atoms with Crippen molar-refractivity contribution in [2.24, 2.45) is 21.5 Å². The van der Waals surface area contributed by atoms with Gasteiger partial charge >= 0.3 is 265 Å². The Morgan fingerprint density at radius 1 is 0.647 bits per heavy atom. The van der Waals surface area contributed by atoms with Gasteiger partial charge in [0.25, 0.3) is 11.8 Å². The van der Waals surface area contributed by atoms with Crippen LogP contribution in [0.2, 0.25) is 65.0 Å². The Hall–Kier alpha value is -6.14. The molecule has 38 heteroatoms. The van der Waals surface area contributed by atoms with E-state index in [1.54, 1.807) is 26.2 Å². The fourth-order valence-electron chi connectivity index (χ4n) is 12.8. The van der Waals surface area contributed by atoms with E-state index in [-0.39, 0.29) is 107 Å². The average molecular weight is 1870 g/mol. The zero-order valence-electron chi connectivity index (χ0n) is 69.3. The van der Waals surface area contributed by atoms with Crippen molar-refractivity contribution in [2.45, 2.75) is 272 Å². The third-order valence-electron chi connectivity index (χ3n) is 22.5. The standard InChI is InChI=1S/C78H113N15O13S5Se2Si3/c1-20-116(21-2,22-3)105-45(7)59-72-86-53(37-109-72)67(100)92-61(77(15,103)46(8)106-115(18,19)76(12,13)14)73-87-52(38-110-73)65(98)89-57(43(5)94)71-84-50(35-108-71)60-78(93-63(96)42(4)79,74-88-54(39-111-74)66(99)90-58(69(102)91-59)44(6)104-114(16,17)75(9,10)11)34-33-49(81-60)70-85-51(36-107-70)64(97)83-56(41-113-48-31-27-24-28-32-48)68(101)82-55(62(80)95)40-112-47-29-25-23-26-30-47/h23-32,35-36,38-39,42-46,53,55-61,94,103H,20-22,33-34,37,40-41,79H2,1-19H3,(H2,80,95)(H,82,101)(H,83,97)(H,89,98)(H,90,99)(H,91,102)(H,92,100)(H,93,96)/t42-,43+,44+,45+,46+,53+,55-,56-,57-,58-,59-,60+,61+,77+,78+/m0/s1. The summed E-state index contributed by atoms with van der Waals surface area (Å²) in [4.78, 5) is 148. The Morgan fingerprint density at radius 2 is 1.21 bits per heavy atom. The number of rotatable bonds is 28. The Bertz CT molecular complexity index is 4530. The third-order valence-corrected chi connectivity index (χ3v) is 45.9. The molecule has 28 nitrogen and oxygen atoms in total. The molecule has 632 valence electrons. The summed E-state index contributed by atoms with van der Waals surface area (Å²) in [5.74, 6) is -5.25. The van der Waals surface area contributed by atoms with Gasteiger partial charge in [0.15, 0.2) is 25.0 Å². The van der Waals surface area contributed by atoms with E-state index >= 15 is 14.4 Å². The third kappa shape index (κ3) is 22.5. The van der Waals surface area contributed by atoms with Gasteiger partial charge in [-0.2, -0.15) is 0 Å². The van der Waals surface area contributed by atoms with Crippen LogP contribution in [-0.2, 0) is 42.8 Å². The van der Waals surface area contributed by atoms with Crippen LogP contribution in [0.1, 0.15) is 192 Å². The number of nitrogens with one attached hydrogen (secondary N) is 7. The van der Waals surface area contributed by atoms with Crippen LogP contribution in [0.4, 0.5) is 0 Å². The van der Waals surface area contributed by atoms with Gasteiger partial charge in [0.2, 0.25) is 17.7 Å². The number of primary amides is 1. The van der Waals surface area contributed by atoms with Crippen LogP contribution >= 0.6 is 57.1 Å². The van der Waals surface area contributed by atoms with Crippen LogP contribution in [0.25, 0.3) is 0 Å². The molecule has 7 heterocycles. The number of fused-ring (bicyclic) bond motifs is 10. The minimum Gasteiger partial charge on any atom is -0.411 e. The van der Waals surface area contributed by atoms with Crippen LogP contribution in [0.3, 0.4) is 0 Å². The molecule has 8 amide bonds. The molecule has 0 saturated carbocycles. The van der Waals surface area contributed by atoms with Crippen molar-refractivity contribution in [1.29, 1.82) is 0 Å². The minimum absolute atomic E-state index is 0.00277. The Morgan fingerprint density at radius 3 is 1.78 bits per heavy atom. The Labute approximate surface area is 716 Å². The van der Waals surface area contributed by atoms with Crippen LogP contribution in [0.5, 0.6) is 0 Å². The fraction of sp³-hybridized carbons (Fsp3) is 0.564. The normalized spacial score (nSPS) is 22.6. The van der Waals surface area contributed by atoms with Crippen molar-refractivity contribution in [3.8, 4) is 0 Å². The number of aliphatic hydroxyl groups excluding tert-OH is 1. The van der Waals surface area contributed by atoms with E-state index in [1.165, 1.54) is 41.7 Å². The van der Waals surface area contributed by atoms with E-state index in [0.717, 1.165) is 72.4 Å². The molecule has 0 fully saturated rings. The van der Waals surface area contributed by atoms with Crippen LogP contribution in [0.15, 0.2) is 92.2 Å². The number of thioether (sulfide) groups is 1. The van der Waals surface area contributed by atoms with Gasteiger partial charge in [-0.25, -0.2) is 9.97 Å². The predicted octanol–water partition coefficient (Wildman–Crippen LogP) is 8.26. The van der Waals surface area contributed by atoms with Crippen molar-refractivity contribution in [2.75, 3.05) is 5.75 Å². The molecule has 6 aromatic rings. The quantitative estimate of drug-likeness (QED) is 0.0206. The maximum absolute atomic E-state index is 15.8. The molecule has 4 aromatic heterocycles.